The van der Waals surface area contributed by atoms with Crippen molar-refractivity contribution in [2.75, 3.05) is 12.4 Å². The number of aryl methyl sites for hydroxylation is 1. The molecule has 9 nitrogen and oxygen atoms in total. The van der Waals surface area contributed by atoms with Gasteiger partial charge in [-0.25, -0.2) is 9.98 Å². The minimum absolute atomic E-state index is 0.0987. The average molecular weight is 397 g/mol. The molecule has 3 rings (SSSR count). The van der Waals surface area contributed by atoms with Gasteiger partial charge in [0.2, 0.25) is 5.91 Å². The maximum atomic E-state index is 12.4. The number of hydrogen-bond acceptors (Lipinski definition) is 6. The molecule has 0 spiro atoms. The van der Waals surface area contributed by atoms with Crippen molar-refractivity contribution in [1.29, 1.82) is 0 Å². The monoisotopic (exact) mass is 397 g/mol. The number of amides is 2. The number of aliphatic imine (C=N–C) groups is 1. The summed E-state index contributed by atoms with van der Waals surface area (Å²) in [4.78, 5) is 43.0. The van der Waals surface area contributed by atoms with E-state index in [4.69, 9.17) is 15.6 Å². The first-order valence-corrected chi connectivity index (χ1v) is 8.75. The van der Waals surface area contributed by atoms with Gasteiger partial charge >= 0.3 is 0 Å². The second kappa shape index (κ2) is 8.96. The van der Waals surface area contributed by atoms with Gasteiger partial charge in [0.1, 0.15) is 5.69 Å². The van der Waals surface area contributed by atoms with Gasteiger partial charge in [-0.2, -0.15) is 0 Å². The number of nitrogens with zero attached hydrogens (tertiary/aromatic N) is 3. The van der Waals surface area contributed by atoms with E-state index in [0.29, 0.717) is 11.4 Å². The second-order valence-electron chi connectivity index (χ2n) is 6.68. The molecule has 152 valence electrons. The van der Waals surface area contributed by atoms with Crippen LogP contribution in [0.4, 0.5) is 5.69 Å². The van der Waals surface area contributed by atoms with Crippen LogP contribution in [0.25, 0.3) is 0 Å². The van der Waals surface area contributed by atoms with Gasteiger partial charge in [0.05, 0.1) is 12.0 Å². The van der Waals surface area contributed by atoms with Crippen molar-refractivity contribution >= 4 is 29.9 Å². The number of benzene rings is 1. The Kier molecular flexibility index (Phi) is 6.66. The van der Waals surface area contributed by atoms with Crippen molar-refractivity contribution in [1.82, 2.24) is 9.88 Å². The van der Waals surface area contributed by atoms with Gasteiger partial charge < -0.3 is 16.2 Å². The van der Waals surface area contributed by atoms with Crippen LogP contribution in [0.1, 0.15) is 35.1 Å². The summed E-state index contributed by atoms with van der Waals surface area (Å²) in [6.45, 7) is 3.44. The molecule has 0 unspecified atom stereocenters. The highest BCUT2D eigenvalue weighted by atomic mass is 16.3. The van der Waals surface area contributed by atoms with Crippen molar-refractivity contribution in [2.24, 2.45) is 10.7 Å². The van der Waals surface area contributed by atoms with E-state index in [1.54, 1.807) is 25.2 Å². The Hall–Kier alpha value is -3.75. The predicted octanol–water partition coefficient (Wildman–Crippen LogP) is 1.74. The zero-order valence-corrected chi connectivity index (χ0v) is 16.4. The van der Waals surface area contributed by atoms with Crippen molar-refractivity contribution in [3.05, 3.63) is 59.4 Å². The van der Waals surface area contributed by atoms with Crippen molar-refractivity contribution < 1.29 is 19.5 Å². The van der Waals surface area contributed by atoms with Gasteiger partial charge in [0.15, 0.2) is 5.96 Å². The van der Waals surface area contributed by atoms with E-state index in [0.717, 1.165) is 11.3 Å². The number of carbonyl (C=O) groups excluding carboxylic acids is 2. The quantitative estimate of drug-likeness (QED) is 0.675. The van der Waals surface area contributed by atoms with Crippen LogP contribution in [0.2, 0.25) is 0 Å². The van der Waals surface area contributed by atoms with Crippen LogP contribution in [0.5, 0.6) is 0 Å². The fourth-order valence-electron chi connectivity index (χ4n) is 2.87. The molecule has 1 atom stereocenters. The Morgan fingerprint density at radius 1 is 1.31 bits per heavy atom. The van der Waals surface area contributed by atoms with Crippen LogP contribution in [0.3, 0.4) is 0 Å². The van der Waals surface area contributed by atoms with Gasteiger partial charge in [-0.3, -0.25) is 19.3 Å². The first-order valence-electron chi connectivity index (χ1n) is 8.75. The molecule has 2 aromatic rings. The summed E-state index contributed by atoms with van der Waals surface area (Å²) in [5.74, 6) is -0.209. The smallest absolute Gasteiger partial charge is 0.290 e. The number of nitrogens with one attached hydrogen (secondary N) is 1. The lowest BCUT2D eigenvalue weighted by atomic mass is 9.87. The van der Waals surface area contributed by atoms with Crippen molar-refractivity contribution in [2.45, 2.75) is 25.8 Å². The first-order chi connectivity index (χ1) is 13.7. The first kappa shape index (κ1) is 21.5. The fourth-order valence-corrected chi connectivity index (χ4v) is 2.87. The lowest BCUT2D eigenvalue weighted by Gasteiger charge is -2.33. The molecule has 1 aliphatic rings. The number of aromatic nitrogens is 1. The number of pyridine rings is 1. The molecule has 29 heavy (non-hydrogen) atoms. The summed E-state index contributed by atoms with van der Waals surface area (Å²) in [7, 11) is 1.60. The number of rotatable bonds is 3. The molecule has 1 aliphatic heterocycles. The van der Waals surface area contributed by atoms with Crippen LogP contribution in [-0.4, -0.2) is 46.3 Å². The predicted molar refractivity (Wildman–Crippen MR) is 108 cm³/mol. The highest BCUT2D eigenvalue weighted by molar-refractivity contribution is 6.03. The van der Waals surface area contributed by atoms with Crippen LogP contribution < -0.4 is 11.1 Å². The molecule has 4 N–H and O–H groups in total. The van der Waals surface area contributed by atoms with E-state index in [2.05, 4.69) is 15.3 Å². The summed E-state index contributed by atoms with van der Waals surface area (Å²) in [6, 6.07) is 12.6. The normalized spacial score (nSPS) is 18.2. The molecular formula is C20H23N5O4. The standard InChI is InChI=1S/C19H21N5O2.CH2O2/c1-12-6-4-9-15(21-12)17(26)22-14-8-5-7-13(10-14)19(2)11-16(25)24(3)18(20)23-19;2-1-3/h4-10H,11H2,1-3H3,(H2,20,23)(H,22,26);1H,(H,2,3)/t19-;/m0./s1. The lowest BCUT2D eigenvalue weighted by Crippen LogP contribution is -2.47. The third-order valence-electron chi connectivity index (χ3n) is 4.44. The maximum Gasteiger partial charge on any atom is 0.290 e. The van der Waals surface area contributed by atoms with Crippen LogP contribution >= 0.6 is 0 Å². The Bertz CT molecular complexity index is 959. The summed E-state index contributed by atoms with van der Waals surface area (Å²) in [6.07, 6.45) is 0.209. The maximum absolute atomic E-state index is 12.4. The van der Waals surface area contributed by atoms with Crippen LogP contribution in [-0.2, 0) is 15.1 Å². The van der Waals surface area contributed by atoms with Crippen LogP contribution in [0.15, 0.2) is 47.5 Å². The van der Waals surface area contributed by atoms with Gasteiger partial charge in [-0.15, -0.1) is 0 Å². The number of carbonyl (C=O) groups is 3. The van der Waals surface area contributed by atoms with Gasteiger partial charge in [0, 0.05) is 18.4 Å². The van der Waals surface area contributed by atoms with Gasteiger partial charge in [0.25, 0.3) is 12.4 Å². The highest BCUT2D eigenvalue weighted by Gasteiger charge is 2.36. The Morgan fingerprint density at radius 2 is 1.97 bits per heavy atom. The number of carboxylic acid groups (broad SMARTS) is 1. The molecule has 9 heteroatoms. The molecule has 0 saturated heterocycles. The highest BCUT2D eigenvalue weighted by Crippen LogP contribution is 2.34. The summed E-state index contributed by atoms with van der Waals surface area (Å²) < 4.78 is 0. The third-order valence-corrected chi connectivity index (χ3v) is 4.44. The number of anilines is 1. The summed E-state index contributed by atoms with van der Waals surface area (Å²) in [5, 5.41) is 9.73. The average Bonchev–Trinajstić information content (AvgIpc) is 2.67. The lowest BCUT2D eigenvalue weighted by molar-refractivity contribution is -0.128. The number of hydrogen-bond donors (Lipinski definition) is 3. The molecule has 0 bridgehead atoms. The molecule has 1 aromatic carbocycles. The van der Waals surface area contributed by atoms with E-state index in [1.807, 2.05) is 38.1 Å². The zero-order valence-electron chi connectivity index (χ0n) is 16.4. The van der Waals surface area contributed by atoms with E-state index in [9.17, 15) is 9.59 Å². The minimum atomic E-state index is -0.768. The molecule has 2 amide bonds. The zero-order chi connectivity index (χ0) is 21.6. The second-order valence-corrected chi connectivity index (χ2v) is 6.68. The third kappa shape index (κ3) is 5.16. The van der Waals surface area contributed by atoms with Crippen molar-refractivity contribution in [3.63, 3.8) is 0 Å². The number of nitrogens with two attached hydrogens (primary N) is 1. The SMILES string of the molecule is Cc1cccc(C(=O)Nc2cccc([C@]3(C)CC(=O)N(C)C(N)=N3)c2)n1.O=CO. The fraction of sp³-hybridized carbons (Fsp3) is 0.250. The molecule has 1 aromatic heterocycles. The van der Waals surface area contributed by atoms with E-state index in [1.165, 1.54) is 4.90 Å². The topological polar surface area (TPSA) is 138 Å². The van der Waals surface area contributed by atoms with E-state index in [-0.39, 0.29) is 30.7 Å². The Labute approximate surface area is 168 Å². The van der Waals surface area contributed by atoms with Gasteiger partial charge in [-0.1, -0.05) is 18.2 Å². The van der Waals surface area contributed by atoms with E-state index < -0.39 is 5.54 Å². The molecule has 0 saturated carbocycles. The Morgan fingerprint density at radius 3 is 2.59 bits per heavy atom. The van der Waals surface area contributed by atoms with Crippen LogP contribution in [0, 0.1) is 6.92 Å². The Balaban J connectivity index is 0.000000941. The molecule has 0 aliphatic carbocycles. The molecule has 2 heterocycles. The molecular weight excluding hydrogens is 374 g/mol. The van der Waals surface area contributed by atoms with E-state index >= 15 is 0 Å². The summed E-state index contributed by atoms with van der Waals surface area (Å²) in [5.41, 5.74) is 7.63. The largest absolute Gasteiger partial charge is 0.483 e. The minimum Gasteiger partial charge on any atom is -0.483 e. The molecule has 0 fully saturated rings. The number of guanidine groups is 1. The molecule has 0 radical (unpaired) electrons. The van der Waals surface area contributed by atoms with Crippen molar-refractivity contribution in [3.8, 4) is 0 Å². The summed E-state index contributed by atoms with van der Waals surface area (Å²) >= 11 is 0. The van der Waals surface area contributed by atoms with Gasteiger partial charge in [-0.05, 0) is 43.7 Å².